The standard InChI is InChI=1S/C6H8O4/c1-10-6(9)4-2-3(4)5(7)8/h3-4H,2H2,1H3,(H,7,8)/t3?,4-/m0/s1. The third kappa shape index (κ3) is 1.10. The first kappa shape index (κ1) is 7.05. The molecule has 4 nitrogen and oxygen atoms in total. The van der Waals surface area contributed by atoms with Gasteiger partial charge in [-0.2, -0.15) is 0 Å². The molecular formula is C6H8O4. The van der Waals surface area contributed by atoms with Gasteiger partial charge < -0.3 is 9.84 Å². The Morgan fingerprint density at radius 3 is 2.40 bits per heavy atom. The van der Waals surface area contributed by atoms with Crippen LogP contribution in [-0.4, -0.2) is 24.2 Å². The summed E-state index contributed by atoms with van der Waals surface area (Å²) in [5.41, 5.74) is 0. The molecule has 0 aromatic rings. The molecule has 0 aromatic carbocycles. The van der Waals surface area contributed by atoms with Crippen LogP contribution < -0.4 is 0 Å². The molecule has 0 aromatic heterocycles. The molecule has 1 aliphatic rings. The number of hydrogen-bond donors (Lipinski definition) is 1. The van der Waals surface area contributed by atoms with Crippen molar-refractivity contribution < 1.29 is 19.4 Å². The Morgan fingerprint density at radius 2 is 2.10 bits per heavy atom. The average Bonchev–Trinajstić information content (AvgIpc) is 2.64. The summed E-state index contributed by atoms with van der Waals surface area (Å²) in [4.78, 5) is 20.8. The van der Waals surface area contributed by atoms with Crippen molar-refractivity contribution in [3.63, 3.8) is 0 Å². The quantitative estimate of drug-likeness (QED) is 0.549. The minimum Gasteiger partial charge on any atom is -0.481 e. The number of esters is 1. The van der Waals surface area contributed by atoms with Crippen LogP contribution in [0.2, 0.25) is 0 Å². The largest absolute Gasteiger partial charge is 0.481 e. The van der Waals surface area contributed by atoms with Crippen molar-refractivity contribution in [2.75, 3.05) is 7.11 Å². The maximum Gasteiger partial charge on any atom is 0.309 e. The third-order valence-electron chi connectivity index (χ3n) is 1.61. The molecule has 1 saturated carbocycles. The Bertz CT molecular complexity index is 175. The van der Waals surface area contributed by atoms with Gasteiger partial charge in [0.05, 0.1) is 18.9 Å². The summed E-state index contributed by atoms with van der Waals surface area (Å²) < 4.78 is 4.35. The Morgan fingerprint density at radius 1 is 1.50 bits per heavy atom. The molecule has 0 heterocycles. The molecular weight excluding hydrogens is 136 g/mol. The Labute approximate surface area is 57.8 Å². The zero-order valence-corrected chi connectivity index (χ0v) is 5.53. The van der Waals surface area contributed by atoms with Crippen molar-refractivity contribution in [3.05, 3.63) is 0 Å². The third-order valence-corrected chi connectivity index (χ3v) is 1.61. The SMILES string of the molecule is COC(=O)[C@H]1CC1C(=O)O. The average molecular weight is 144 g/mol. The van der Waals surface area contributed by atoms with E-state index in [0.717, 1.165) is 0 Å². The predicted octanol–water partition coefficient (Wildman–Crippen LogP) is -0.120. The highest BCUT2D eigenvalue weighted by Gasteiger charge is 2.49. The van der Waals surface area contributed by atoms with Gasteiger partial charge in [0.15, 0.2) is 0 Å². The van der Waals surface area contributed by atoms with Gasteiger partial charge >= 0.3 is 11.9 Å². The lowest BCUT2D eigenvalue weighted by molar-refractivity contribution is -0.146. The normalized spacial score (nSPS) is 29.3. The van der Waals surface area contributed by atoms with Gasteiger partial charge in [-0.1, -0.05) is 0 Å². The number of methoxy groups -OCH3 is 1. The molecule has 4 heteroatoms. The number of carbonyl (C=O) groups excluding carboxylic acids is 1. The molecule has 56 valence electrons. The van der Waals surface area contributed by atoms with Gasteiger partial charge in [0.1, 0.15) is 0 Å². The van der Waals surface area contributed by atoms with Crippen LogP contribution in [0.3, 0.4) is 0 Å². The highest BCUT2D eigenvalue weighted by Crippen LogP contribution is 2.39. The van der Waals surface area contributed by atoms with E-state index in [9.17, 15) is 9.59 Å². The number of carboxylic acid groups (broad SMARTS) is 1. The van der Waals surface area contributed by atoms with Crippen LogP contribution in [0.15, 0.2) is 0 Å². The molecule has 1 rings (SSSR count). The van der Waals surface area contributed by atoms with Crippen LogP contribution in [0.1, 0.15) is 6.42 Å². The molecule has 0 aliphatic heterocycles. The van der Waals surface area contributed by atoms with E-state index in [-0.39, 0.29) is 5.92 Å². The number of aliphatic carboxylic acids is 1. The Hall–Kier alpha value is -1.06. The Kier molecular flexibility index (Phi) is 1.61. The van der Waals surface area contributed by atoms with E-state index >= 15 is 0 Å². The zero-order chi connectivity index (χ0) is 7.72. The number of ether oxygens (including phenoxy) is 1. The highest BCUT2D eigenvalue weighted by atomic mass is 16.5. The lowest BCUT2D eigenvalue weighted by Gasteiger charge is -1.92. The molecule has 2 atom stereocenters. The molecule has 0 spiro atoms. The van der Waals surface area contributed by atoms with Gasteiger partial charge in [-0.3, -0.25) is 9.59 Å². The van der Waals surface area contributed by atoms with E-state index < -0.39 is 17.9 Å². The topological polar surface area (TPSA) is 63.6 Å². The van der Waals surface area contributed by atoms with Gasteiger partial charge in [0.25, 0.3) is 0 Å². The molecule has 1 aliphatic carbocycles. The van der Waals surface area contributed by atoms with Crippen LogP contribution in [0.25, 0.3) is 0 Å². The molecule has 1 N–H and O–H groups in total. The van der Waals surface area contributed by atoms with Crippen LogP contribution in [0.4, 0.5) is 0 Å². The predicted molar refractivity (Wildman–Crippen MR) is 31.2 cm³/mol. The van der Waals surface area contributed by atoms with E-state index in [4.69, 9.17) is 5.11 Å². The molecule has 10 heavy (non-hydrogen) atoms. The molecule has 0 bridgehead atoms. The van der Waals surface area contributed by atoms with Gasteiger partial charge in [-0.25, -0.2) is 0 Å². The van der Waals surface area contributed by atoms with Gasteiger partial charge in [0.2, 0.25) is 0 Å². The lowest BCUT2D eigenvalue weighted by atomic mass is 10.3. The van der Waals surface area contributed by atoms with Crippen LogP contribution in [0.5, 0.6) is 0 Å². The minimum absolute atomic E-state index is 0.387. The van der Waals surface area contributed by atoms with Crippen molar-refractivity contribution >= 4 is 11.9 Å². The molecule has 1 unspecified atom stereocenters. The second kappa shape index (κ2) is 2.28. The first-order chi connectivity index (χ1) is 4.66. The molecule has 0 amide bonds. The fraction of sp³-hybridized carbons (Fsp3) is 0.667. The molecule has 1 fully saturated rings. The van der Waals surface area contributed by atoms with E-state index in [0.29, 0.717) is 6.42 Å². The van der Waals surface area contributed by atoms with Gasteiger partial charge in [-0.15, -0.1) is 0 Å². The summed E-state index contributed by atoms with van der Waals surface area (Å²) in [6.07, 6.45) is 0.433. The first-order valence-corrected chi connectivity index (χ1v) is 2.97. The smallest absolute Gasteiger partial charge is 0.309 e. The monoisotopic (exact) mass is 144 g/mol. The van der Waals surface area contributed by atoms with E-state index in [1.54, 1.807) is 0 Å². The van der Waals surface area contributed by atoms with Crippen molar-refractivity contribution in [1.82, 2.24) is 0 Å². The van der Waals surface area contributed by atoms with Crippen molar-refractivity contribution in [3.8, 4) is 0 Å². The van der Waals surface area contributed by atoms with Crippen LogP contribution in [-0.2, 0) is 14.3 Å². The van der Waals surface area contributed by atoms with Gasteiger partial charge in [-0.05, 0) is 6.42 Å². The summed E-state index contributed by atoms with van der Waals surface area (Å²) >= 11 is 0. The number of carbonyl (C=O) groups is 2. The molecule has 0 saturated heterocycles. The molecule has 0 radical (unpaired) electrons. The summed E-state index contributed by atoms with van der Waals surface area (Å²) in [6.45, 7) is 0. The van der Waals surface area contributed by atoms with E-state index in [1.807, 2.05) is 0 Å². The van der Waals surface area contributed by atoms with E-state index in [2.05, 4.69) is 4.74 Å². The van der Waals surface area contributed by atoms with Crippen LogP contribution in [0, 0.1) is 11.8 Å². The van der Waals surface area contributed by atoms with Gasteiger partial charge in [0, 0.05) is 0 Å². The maximum atomic E-state index is 10.6. The fourth-order valence-electron chi connectivity index (χ4n) is 0.880. The Balaban J connectivity index is 2.38. The first-order valence-electron chi connectivity index (χ1n) is 2.97. The number of hydrogen-bond acceptors (Lipinski definition) is 3. The fourth-order valence-corrected chi connectivity index (χ4v) is 0.880. The maximum absolute atomic E-state index is 10.6. The second-order valence-corrected chi connectivity index (χ2v) is 2.31. The second-order valence-electron chi connectivity index (χ2n) is 2.31. The summed E-state index contributed by atoms with van der Waals surface area (Å²) in [7, 11) is 1.26. The van der Waals surface area contributed by atoms with Crippen LogP contribution >= 0.6 is 0 Å². The van der Waals surface area contributed by atoms with Crippen molar-refractivity contribution in [1.29, 1.82) is 0 Å². The van der Waals surface area contributed by atoms with Crippen molar-refractivity contribution in [2.45, 2.75) is 6.42 Å². The van der Waals surface area contributed by atoms with Crippen molar-refractivity contribution in [2.24, 2.45) is 11.8 Å². The lowest BCUT2D eigenvalue weighted by Crippen LogP contribution is -2.08. The minimum atomic E-state index is -0.907. The van der Waals surface area contributed by atoms with E-state index in [1.165, 1.54) is 7.11 Å². The highest BCUT2D eigenvalue weighted by molar-refractivity contribution is 5.86. The summed E-state index contributed by atoms with van der Waals surface area (Å²) in [6, 6.07) is 0. The number of carboxylic acids is 1. The number of rotatable bonds is 2. The summed E-state index contributed by atoms with van der Waals surface area (Å²) in [5.74, 6) is -2.20. The zero-order valence-electron chi connectivity index (χ0n) is 5.53. The summed E-state index contributed by atoms with van der Waals surface area (Å²) in [5, 5.41) is 8.36.